The minimum Gasteiger partial charge on any atom is -0.301 e. The van der Waals surface area contributed by atoms with Gasteiger partial charge in [-0.3, -0.25) is 0 Å². The van der Waals surface area contributed by atoms with Gasteiger partial charge in [-0.15, -0.1) is 0 Å². The van der Waals surface area contributed by atoms with Gasteiger partial charge in [0.1, 0.15) is 6.17 Å². The summed E-state index contributed by atoms with van der Waals surface area (Å²) in [5.74, 6) is 0.202. The molecular formula is C9H18FN. The third-order valence-corrected chi connectivity index (χ3v) is 2.91. The molecule has 1 unspecified atom stereocenters. The Hall–Kier alpha value is -0.110. The van der Waals surface area contributed by atoms with E-state index in [-0.39, 0.29) is 11.5 Å². The van der Waals surface area contributed by atoms with Gasteiger partial charge in [0.2, 0.25) is 0 Å². The quantitative estimate of drug-likeness (QED) is 0.523. The second-order valence-electron chi connectivity index (χ2n) is 4.39. The van der Waals surface area contributed by atoms with Crippen molar-refractivity contribution in [2.24, 2.45) is 5.92 Å². The van der Waals surface area contributed by atoms with E-state index in [1.807, 2.05) is 6.92 Å². The van der Waals surface area contributed by atoms with Crippen LogP contribution in [0.3, 0.4) is 0 Å². The summed E-state index contributed by atoms with van der Waals surface area (Å²) in [5.41, 5.74) is 0.0475. The second-order valence-corrected chi connectivity index (χ2v) is 4.39. The monoisotopic (exact) mass is 159 g/mol. The van der Waals surface area contributed by atoms with Crippen LogP contribution < -0.4 is 0 Å². The maximum Gasteiger partial charge on any atom is 0.106 e. The average Bonchev–Trinajstić information content (AvgIpc) is 1.83. The topological polar surface area (TPSA) is 3.24 Å². The van der Waals surface area contributed by atoms with E-state index in [2.05, 4.69) is 25.8 Å². The van der Waals surface area contributed by atoms with Gasteiger partial charge in [0.15, 0.2) is 0 Å². The first-order valence-corrected chi connectivity index (χ1v) is 4.29. The van der Waals surface area contributed by atoms with Gasteiger partial charge in [-0.05, 0) is 27.3 Å². The van der Waals surface area contributed by atoms with E-state index in [4.69, 9.17) is 0 Å². The van der Waals surface area contributed by atoms with Crippen LogP contribution in [0.25, 0.3) is 0 Å². The van der Waals surface area contributed by atoms with Crippen LogP contribution in [-0.4, -0.2) is 30.2 Å². The predicted molar refractivity (Wildman–Crippen MR) is 45.4 cm³/mol. The van der Waals surface area contributed by atoms with Gasteiger partial charge in [0.25, 0.3) is 0 Å². The van der Waals surface area contributed by atoms with Crippen LogP contribution >= 0.6 is 0 Å². The van der Waals surface area contributed by atoms with E-state index >= 15 is 0 Å². The molecule has 0 aromatic heterocycles. The SMILES string of the molecule is C[C@H]1CN(C)C(C)(C)CC1F. The molecule has 0 amide bonds. The minimum absolute atomic E-state index is 0.0475. The molecule has 1 saturated heterocycles. The summed E-state index contributed by atoms with van der Waals surface area (Å²) in [4.78, 5) is 2.24. The number of hydrogen-bond acceptors (Lipinski definition) is 1. The smallest absolute Gasteiger partial charge is 0.106 e. The molecule has 1 heterocycles. The molecule has 0 aliphatic carbocycles. The Kier molecular flexibility index (Phi) is 2.24. The number of hydrogen-bond donors (Lipinski definition) is 0. The number of rotatable bonds is 0. The zero-order valence-electron chi connectivity index (χ0n) is 7.89. The standard InChI is InChI=1S/C9H18FN/c1-7-6-11(4)9(2,3)5-8(7)10/h7-8H,5-6H2,1-4H3/t7-,8?/m0/s1. The van der Waals surface area contributed by atoms with Crippen molar-refractivity contribution >= 4 is 0 Å². The highest BCUT2D eigenvalue weighted by molar-refractivity contribution is 4.90. The first-order chi connectivity index (χ1) is 4.93. The van der Waals surface area contributed by atoms with E-state index in [0.717, 1.165) is 6.54 Å². The van der Waals surface area contributed by atoms with Crippen LogP contribution in [0.1, 0.15) is 27.2 Å². The molecule has 0 radical (unpaired) electrons. The Morgan fingerprint density at radius 3 is 2.45 bits per heavy atom. The summed E-state index contributed by atoms with van der Waals surface area (Å²) in [6, 6.07) is 0. The first kappa shape index (κ1) is 8.98. The number of halogens is 1. The van der Waals surface area contributed by atoms with Gasteiger partial charge < -0.3 is 4.90 Å². The third kappa shape index (κ3) is 1.73. The Labute approximate surface area is 68.6 Å². The number of alkyl halides is 1. The molecular weight excluding hydrogens is 141 g/mol. The summed E-state index contributed by atoms with van der Waals surface area (Å²) in [5, 5.41) is 0. The molecule has 1 rings (SSSR count). The van der Waals surface area contributed by atoms with Crippen molar-refractivity contribution in [2.45, 2.75) is 38.9 Å². The van der Waals surface area contributed by atoms with Crippen molar-refractivity contribution in [2.75, 3.05) is 13.6 Å². The molecule has 0 spiro atoms. The number of piperidine rings is 1. The summed E-state index contributed by atoms with van der Waals surface area (Å²) in [6.07, 6.45) is 0.0613. The van der Waals surface area contributed by atoms with Crippen molar-refractivity contribution in [3.05, 3.63) is 0 Å². The highest BCUT2D eigenvalue weighted by atomic mass is 19.1. The summed E-state index contributed by atoms with van der Waals surface area (Å²) >= 11 is 0. The fourth-order valence-electron chi connectivity index (χ4n) is 1.63. The van der Waals surface area contributed by atoms with Crippen molar-refractivity contribution in [1.29, 1.82) is 0 Å². The molecule has 0 N–H and O–H groups in total. The van der Waals surface area contributed by atoms with E-state index < -0.39 is 6.17 Å². The Balaban J connectivity index is 2.63. The molecule has 0 aromatic rings. The highest BCUT2D eigenvalue weighted by Crippen LogP contribution is 2.30. The van der Waals surface area contributed by atoms with Crippen molar-refractivity contribution < 1.29 is 4.39 Å². The van der Waals surface area contributed by atoms with Crippen LogP contribution in [0, 0.1) is 5.92 Å². The van der Waals surface area contributed by atoms with E-state index in [1.54, 1.807) is 0 Å². The molecule has 0 saturated carbocycles. The summed E-state index contributed by atoms with van der Waals surface area (Å²) < 4.78 is 13.2. The van der Waals surface area contributed by atoms with Crippen LogP contribution in [0.5, 0.6) is 0 Å². The molecule has 0 aromatic carbocycles. The van der Waals surface area contributed by atoms with Crippen LogP contribution in [0.2, 0.25) is 0 Å². The third-order valence-electron chi connectivity index (χ3n) is 2.91. The number of nitrogens with zero attached hydrogens (tertiary/aromatic N) is 1. The average molecular weight is 159 g/mol. The summed E-state index contributed by atoms with van der Waals surface area (Å²) in [7, 11) is 2.07. The normalized spacial score (nSPS) is 39.0. The Bertz CT molecular complexity index is 144. The van der Waals surface area contributed by atoms with Crippen LogP contribution in [0.15, 0.2) is 0 Å². The van der Waals surface area contributed by atoms with Gasteiger partial charge in [-0.25, -0.2) is 4.39 Å². The molecule has 1 fully saturated rings. The lowest BCUT2D eigenvalue weighted by Gasteiger charge is -2.44. The molecule has 1 aliphatic rings. The lowest BCUT2D eigenvalue weighted by molar-refractivity contribution is 0.0175. The second kappa shape index (κ2) is 2.74. The van der Waals surface area contributed by atoms with Gasteiger partial charge in [0, 0.05) is 18.0 Å². The molecule has 0 bridgehead atoms. The zero-order valence-corrected chi connectivity index (χ0v) is 7.89. The zero-order chi connectivity index (χ0) is 8.65. The van der Waals surface area contributed by atoms with Gasteiger partial charge in [0.05, 0.1) is 0 Å². The largest absolute Gasteiger partial charge is 0.301 e. The van der Waals surface area contributed by atoms with Gasteiger partial charge in [-0.2, -0.15) is 0 Å². The van der Waals surface area contributed by atoms with E-state index in [9.17, 15) is 4.39 Å². The van der Waals surface area contributed by atoms with E-state index in [1.165, 1.54) is 0 Å². The lowest BCUT2D eigenvalue weighted by atomic mass is 9.85. The van der Waals surface area contributed by atoms with Crippen molar-refractivity contribution in [3.8, 4) is 0 Å². The van der Waals surface area contributed by atoms with Crippen LogP contribution in [-0.2, 0) is 0 Å². The van der Waals surface area contributed by atoms with Crippen molar-refractivity contribution in [1.82, 2.24) is 4.90 Å². The maximum absolute atomic E-state index is 13.2. The lowest BCUT2D eigenvalue weighted by Crippen LogP contribution is -2.51. The number of likely N-dealkylation sites (tertiary alicyclic amines) is 1. The first-order valence-electron chi connectivity index (χ1n) is 4.29. The van der Waals surface area contributed by atoms with Gasteiger partial charge >= 0.3 is 0 Å². The Morgan fingerprint density at radius 1 is 1.45 bits per heavy atom. The fraction of sp³-hybridized carbons (Fsp3) is 1.00. The van der Waals surface area contributed by atoms with Crippen LogP contribution in [0.4, 0.5) is 4.39 Å². The fourth-order valence-corrected chi connectivity index (χ4v) is 1.63. The minimum atomic E-state index is -0.610. The van der Waals surface area contributed by atoms with E-state index in [0.29, 0.717) is 6.42 Å². The molecule has 1 aliphatic heterocycles. The predicted octanol–water partition coefficient (Wildman–Crippen LogP) is 2.07. The van der Waals surface area contributed by atoms with Gasteiger partial charge in [-0.1, -0.05) is 6.92 Å². The maximum atomic E-state index is 13.2. The molecule has 11 heavy (non-hydrogen) atoms. The summed E-state index contributed by atoms with van der Waals surface area (Å²) in [6.45, 7) is 7.07. The molecule has 2 heteroatoms. The molecule has 66 valence electrons. The molecule has 1 nitrogen and oxygen atoms in total. The van der Waals surface area contributed by atoms with Crippen molar-refractivity contribution in [3.63, 3.8) is 0 Å². The highest BCUT2D eigenvalue weighted by Gasteiger charge is 2.36. The molecule has 2 atom stereocenters. The Morgan fingerprint density at radius 2 is 2.00 bits per heavy atom.